The summed E-state index contributed by atoms with van der Waals surface area (Å²) in [5.74, 6) is 0.623. The van der Waals surface area contributed by atoms with Gasteiger partial charge in [0.15, 0.2) is 0 Å². The lowest BCUT2D eigenvalue weighted by Crippen LogP contribution is -2.25. The van der Waals surface area contributed by atoms with Gasteiger partial charge in [0.05, 0.1) is 5.57 Å². The second kappa shape index (κ2) is 6.96. The van der Waals surface area contributed by atoms with Crippen molar-refractivity contribution < 1.29 is 9.53 Å². The van der Waals surface area contributed by atoms with Gasteiger partial charge in [-0.3, -0.25) is 4.79 Å². The number of amides is 1. The summed E-state index contributed by atoms with van der Waals surface area (Å²) in [4.78, 5) is 14.9. The number of anilines is 1. The van der Waals surface area contributed by atoms with Crippen LogP contribution < -0.4 is 5.32 Å². The number of nitrogens with one attached hydrogen (secondary N) is 1. The van der Waals surface area contributed by atoms with Crippen molar-refractivity contribution in [3.63, 3.8) is 0 Å². The van der Waals surface area contributed by atoms with Gasteiger partial charge in [-0.2, -0.15) is 0 Å². The third-order valence-electron chi connectivity index (χ3n) is 5.30. The largest absolute Gasteiger partial charge is 0.487 e. The first-order chi connectivity index (χ1) is 12.7. The maximum atomic E-state index is 12.5. The second-order valence-electron chi connectivity index (χ2n) is 6.76. The molecule has 1 amide bonds. The van der Waals surface area contributed by atoms with Crippen LogP contribution in [0.5, 0.6) is 0 Å². The molecule has 0 saturated heterocycles. The first kappa shape index (κ1) is 16.9. The summed E-state index contributed by atoms with van der Waals surface area (Å²) in [5, 5.41) is 2.93. The molecule has 0 atom stereocenters. The van der Waals surface area contributed by atoms with E-state index >= 15 is 0 Å². The van der Waals surface area contributed by atoms with E-state index in [9.17, 15) is 4.79 Å². The third-order valence-corrected chi connectivity index (χ3v) is 5.30. The van der Waals surface area contributed by atoms with Gasteiger partial charge in [0, 0.05) is 28.9 Å². The molecule has 0 radical (unpaired) electrons. The van der Waals surface area contributed by atoms with E-state index in [1.54, 1.807) is 0 Å². The number of para-hydroxylation sites is 1. The molecule has 2 heterocycles. The minimum atomic E-state index is -0.0836. The number of benzene rings is 2. The van der Waals surface area contributed by atoms with E-state index in [-0.39, 0.29) is 5.91 Å². The average Bonchev–Trinajstić information content (AvgIpc) is 3.21. The molecule has 0 bridgehead atoms. The SMILES string of the molecule is CCN(CC)CCc1ccc2c(c1)COC2=C1C(=O)Nc2ccccc21. The number of ether oxygens (including phenoxy) is 1. The Bertz CT molecular complexity index is 881. The van der Waals surface area contributed by atoms with E-state index in [0.29, 0.717) is 17.9 Å². The Labute approximate surface area is 154 Å². The van der Waals surface area contributed by atoms with Crippen LogP contribution in [-0.4, -0.2) is 30.4 Å². The number of carbonyl (C=O) groups is 1. The van der Waals surface area contributed by atoms with Crippen LogP contribution in [0, 0.1) is 0 Å². The number of nitrogens with zero attached hydrogens (tertiary/aromatic N) is 1. The van der Waals surface area contributed by atoms with Crippen molar-refractivity contribution in [2.75, 3.05) is 25.0 Å². The van der Waals surface area contributed by atoms with Gasteiger partial charge in [-0.15, -0.1) is 0 Å². The van der Waals surface area contributed by atoms with Crippen LogP contribution in [0.1, 0.15) is 36.1 Å². The Morgan fingerprint density at radius 3 is 2.69 bits per heavy atom. The van der Waals surface area contributed by atoms with Crippen LogP contribution in [-0.2, 0) is 22.6 Å². The van der Waals surface area contributed by atoms with Crippen molar-refractivity contribution in [1.82, 2.24) is 4.90 Å². The van der Waals surface area contributed by atoms with Gasteiger partial charge in [-0.1, -0.05) is 50.2 Å². The Hall–Kier alpha value is -2.59. The monoisotopic (exact) mass is 348 g/mol. The zero-order valence-corrected chi connectivity index (χ0v) is 15.3. The fraction of sp³-hybridized carbons (Fsp3) is 0.318. The maximum Gasteiger partial charge on any atom is 0.260 e. The molecule has 26 heavy (non-hydrogen) atoms. The zero-order chi connectivity index (χ0) is 18.1. The van der Waals surface area contributed by atoms with E-state index in [2.05, 4.69) is 42.3 Å². The van der Waals surface area contributed by atoms with Crippen molar-refractivity contribution in [3.8, 4) is 0 Å². The van der Waals surface area contributed by atoms with E-state index in [0.717, 1.165) is 42.9 Å². The molecule has 134 valence electrons. The number of rotatable bonds is 5. The lowest BCUT2D eigenvalue weighted by atomic mass is 9.98. The summed E-state index contributed by atoms with van der Waals surface area (Å²) in [7, 11) is 0. The quantitative estimate of drug-likeness (QED) is 0.833. The van der Waals surface area contributed by atoms with E-state index < -0.39 is 0 Å². The first-order valence-electron chi connectivity index (χ1n) is 9.33. The molecule has 0 aromatic heterocycles. The normalized spacial score (nSPS) is 17.9. The minimum absolute atomic E-state index is 0.0836. The van der Waals surface area contributed by atoms with Crippen molar-refractivity contribution in [2.45, 2.75) is 26.9 Å². The van der Waals surface area contributed by atoms with Crippen molar-refractivity contribution in [1.29, 1.82) is 0 Å². The summed E-state index contributed by atoms with van der Waals surface area (Å²) < 4.78 is 5.97. The molecule has 0 spiro atoms. The highest BCUT2D eigenvalue weighted by atomic mass is 16.5. The molecule has 4 rings (SSSR count). The molecule has 1 N–H and O–H groups in total. The first-order valence-corrected chi connectivity index (χ1v) is 9.33. The van der Waals surface area contributed by atoms with E-state index in [1.807, 2.05) is 24.3 Å². The van der Waals surface area contributed by atoms with E-state index in [4.69, 9.17) is 4.74 Å². The smallest absolute Gasteiger partial charge is 0.260 e. The van der Waals surface area contributed by atoms with E-state index in [1.165, 1.54) is 11.1 Å². The molecular formula is C22H24N2O2. The van der Waals surface area contributed by atoms with Crippen LogP contribution in [0.3, 0.4) is 0 Å². The number of fused-ring (bicyclic) bond motifs is 2. The summed E-state index contributed by atoms with van der Waals surface area (Å²) in [6.07, 6.45) is 1.03. The fourth-order valence-electron chi connectivity index (χ4n) is 3.75. The molecule has 2 aliphatic heterocycles. The van der Waals surface area contributed by atoms with Crippen LogP contribution in [0.4, 0.5) is 5.69 Å². The number of carbonyl (C=O) groups excluding carboxylic acids is 1. The standard InChI is InChI=1S/C22H24N2O2/c1-3-24(4-2)12-11-15-9-10-17-16(13-15)14-26-21(17)20-18-7-5-6-8-19(18)23-22(20)25/h5-10,13H,3-4,11-12,14H2,1-2H3,(H,23,25). The van der Waals surface area contributed by atoms with Gasteiger partial charge in [-0.05, 0) is 31.1 Å². The average molecular weight is 348 g/mol. The topological polar surface area (TPSA) is 41.6 Å². The Morgan fingerprint density at radius 2 is 1.88 bits per heavy atom. The zero-order valence-electron chi connectivity index (χ0n) is 15.3. The van der Waals surface area contributed by atoms with Gasteiger partial charge in [0.2, 0.25) is 0 Å². The summed E-state index contributed by atoms with van der Waals surface area (Å²) in [6.45, 7) is 8.15. The maximum absolute atomic E-state index is 12.5. The predicted molar refractivity (Wildman–Crippen MR) is 105 cm³/mol. The van der Waals surface area contributed by atoms with Crippen molar-refractivity contribution in [2.24, 2.45) is 0 Å². The van der Waals surface area contributed by atoms with Crippen molar-refractivity contribution >= 4 is 22.9 Å². The predicted octanol–water partition coefficient (Wildman–Crippen LogP) is 3.92. The minimum Gasteiger partial charge on any atom is -0.487 e. The summed E-state index contributed by atoms with van der Waals surface area (Å²) in [6, 6.07) is 14.3. The van der Waals surface area contributed by atoms with Crippen LogP contribution in [0.2, 0.25) is 0 Å². The van der Waals surface area contributed by atoms with Gasteiger partial charge >= 0.3 is 0 Å². The highest BCUT2D eigenvalue weighted by molar-refractivity contribution is 6.36. The summed E-state index contributed by atoms with van der Waals surface area (Å²) >= 11 is 0. The highest BCUT2D eigenvalue weighted by Crippen LogP contribution is 2.41. The van der Waals surface area contributed by atoms with Gasteiger partial charge < -0.3 is 15.0 Å². The van der Waals surface area contributed by atoms with Crippen LogP contribution >= 0.6 is 0 Å². The molecular weight excluding hydrogens is 324 g/mol. The molecule has 0 unspecified atom stereocenters. The molecule has 2 aromatic carbocycles. The number of hydrogen-bond donors (Lipinski definition) is 1. The van der Waals surface area contributed by atoms with Gasteiger partial charge in [-0.25, -0.2) is 0 Å². The lowest BCUT2D eigenvalue weighted by Gasteiger charge is -2.17. The Balaban J connectivity index is 1.64. The fourth-order valence-corrected chi connectivity index (χ4v) is 3.75. The van der Waals surface area contributed by atoms with Gasteiger partial charge in [0.25, 0.3) is 5.91 Å². The number of hydrogen-bond acceptors (Lipinski definition) is 3. The Morgan fingerprint density at radius 1 is 1.08 bits per heavy atom. The second-order valence-corrected chi connectivity index (χ2v) is 6.76. The summed E-state index contributed by atoms with van der Waals surface area (Å²) in [5.41, 5.74) is 5.95. The third kappa shape index (κ3) is 2.90. The van der Waals surface area contributed by atoms with Crippen LogP contribution in [0.15, 0.2) is 42.5 Å². The molecule has 2 aliphatic rings. The highest BCUT2D eigenvalue weighted by Gasteiger charge is 2.32. The Kier molecular flexibility index (Phi) is 4.51. The molecule has 2 aromatic rings. The van der Waals surface area contributed by atoms with Gasteiger partial charge in [0.1, 0.15) is 12.4 Å². The number of likely N-dealkylation sites (N-methyl/N-ethyl adjacent to an activating group) is 1. The molecule has 0 saturated carbocycles. The molecule has 0 fully saturated rings. The molecule has 4 nitrogen and oxygen atoms in total. The molecule has 4 heteroatoms. The lowest BCUT2D eigenvalue weighted by molar-refractivity contribution is -0.110. The van der Waals surface area contributed by atoms with Crippen molar-refractivity contribution in [3.05, 3.63) is 64.7 Å². The molecule has 0 aliphatic carbocycles. The van der Waals surface area contributed by atoms with Crippen LogP contribution in [0.25, 0.3) is 11.3 Å².